The highest BCUT2D eigenvalue weighted by molar-refractivity contribution is 5.82. The molecular formula is C27H34FN9O3. The first-order valence-corrected chi connectivity index (χ1v) is 13.3. The van der Waals surface area contributed by atoms with Gasteiger partial charge in [0.2, 0.25) is 18.1 Å². The Bertz CT molecular complexity index is 1320. The van der Waals surface area contributed by atoms with Gasteiger partial charge in [0.15, 0.2) is 5.82 Å². The summed E-state index contributed by atoms with van der Waals surface area (Å²) >= 11 is 0. The third-order valence-corrected chi connectivity index (χ3v) is 6.74. The number of H-pyrrole nitrogens is 1. The molecule has 0 radical (unpaired) electrons. The van der Waals surface area contributed by atoms with Gasteiger partial charge in [0.25, 0.3) is 0 Å². The van der Waals surface area contributed by atoms with Crippen molar-refractivity contribution in [3.63, 3.8) is 0 Å². The van der Waals surface area contributed by atoms with Gasteiger partial charge < -0.3 is 30.8 Å². The van der Waals surface area contributed by atoms with Crippen LogP contribution in [0.15, 0.2) is 41.5 Å². The molecule has 2 aromatic heterocycles. The van der Waals surface area contributed by atoms with Crippen LogP contribution in [0.25, 0.3) is 22.6 Å². The topological polar surface area (TPSA) is 156 Å². The summed E-state index contributed by atoms with van der Waals surface area (Å²) in [6.07, 6.45) is 3.70. The summed E-state index contributed by atoms with van der Waals surface area (Å²) in [6, 6.07) is 7.85. The summed E-state index contributed by atoms with van der Waals surface area (Å²) in [5, 5.41) is 6.07. The van der Waals surface area contributed by atoms with Crippen molar-refractivity contribution in [1.82, 2.24) is 30.2 Å². The fourth-order valence-electron chi connectivity index (χ4n) is 4.45. The second kappa shape index (κ2) is 12.6. The number of aliphatic imine (C=N–C) groups is 1. The van der Waals surface area contributed by atoms with Crippen LogP contribution in [0.5, 0.6) is 0 Å². The number of carbonyl (C=O) groups excluding carboxylic acids is 1. The van der Waals surface area contributed by atoms with Crippen LogP contribution in [0.3, 0.4) is 0 Å². The number of hydrogen-bond donors (Lipinski definition) is 4. The van der Waals surface area contributed by atoms with E-state index >= 15 is 0 Å². The molecule has 0 bridgehead atoms. The highest BCUT2D eigenvalue weighted by atomic mass is 19.1. The molecule has 212 valence electrons. The maximum Gasteiger partial charge on any atom is 0.230 e. The van der Waals surface area contributed by atoms with Gasteiger partial charge in [-0.2, -0.15) is 0 Å². The first-order chi connectivity index (χ1) is 19.4. The Hall–Kier alpha value is -3.78. The highest BCUT2D eigenvalue weighted by Crippen LogP contribution is 2.35. The van der Waals surface area contributed by atoms with Crippen LogP contribution in [-0.2, 0) is 14.3 Å². The zero-order valence-electron chi connectivity index (χ0n) is 22.4. The van der Waals surface area contributed by atoms with Crippen molar-refractivity contribution in [2.24, 2.45) is 16.1 Å². The second-order valence-corrected chi connectivity index (χ2v) is 10.0. The molecule has 5 rings (SSSR count). The van der Waals surface area contributed by atoms with E-state index in [9.17, 15) is 9.18 Å². The van der Waals surface area contributed by atoms with E-state index in [4.69, 9.17) is 25.2 Å². The number of nitrogens with two attached hydrogens (primary N) is 1. The van der Waals surface area contributed by atoms with E-state index < -0.39 is 11.7 Å². The van der Waals surface area contributed by atoms with Gasteiger partial charge in [-0.05, 0) is 43.7 Å². The minimum absolute atomic E-state index is 0.140. The summed E-state index contributed by atoms with van der Waals surface area (Å²) < 4.78 is 25.6. The molecule has 12 nitrogen and oxygen atoms in total. The summed E-state index contributed by atoms with van der Waals surface area (Å²) in [6.45, 7) is 6.06. The second-order valence-electron chi connectivity index (χ2n) is 10.0. The van der Waals surface area contributed by atoms with Crippen LogP contribution in [0.4, 0.5) is 10.3 Å². The molecule has 40 heavy (non-hydrogen) atoms. The molecule has 1 amide bonds. The average Bonchev–Trinajstić information content (AvgIpc) is 3.66. The molecule has 1 saturated heterocycles. The van der Waals surface area contributed by atoms with Crippen LogP contribution >= 0.6 is 0 Å². The molecule has 2 aliphatic heterocycles. The normalized spacial score (nSPS) is 21.0. The summed E-state index contributed by atoms with van der Waals surface area (Å²) in [7, 11) is 0. The van der Waals surface area contributed by atoms with Gasteiger partial charge in [0.1, 0.15) is 5.82 Å². The Kier molecular flexibility index (Phi) is 8.75. The van der Waals surface area contributed by atoms with Crippen LogP contribution < -0.4 is 16.4 Å². The number of imidazole rings is 1. The quantitative estimate of drug-likeness (QED) is 0.262. The minimum Gasteiger partial charge on any atom is -0.354 e. The van der Waals surface area contributed by atoms with Crippen LogP contribution in [0.1, 0.15) is 25.5 Å². The predicted molar refractivity (Wildman–Crippen MR) is 148 cm³/mol. The molecule has 5 N–H and O–H groups in total. The van der Waals surface area contributed by atoms with E-state index in [1.54, 1.807) is 31.3 Å². The number of benzene rings is 1. The Labute approximate surface area is 231 Å². The number of halogens is 1. The number of nitrogens with zero attached hydrogens (tertiary/aromatic N) is 5. The molecule has 0 unspecified atom stereocenters. The SMILES string of the molecule is CC1(C(=O)NCCN)COC(c2nc(-c3ccc(F)cc3)c(-c3ccnc(NCCCN4CC=NC4)n3)[nH]2)OC1. The van der Waals surface area contributed by atoms with Crippen LogP contribution in [0, 0.1) is 11.2 Å². The van der Waals surface area contributed by atoms with Crippen molar-refractivity contribution in [1.29, 1.82) is 0 Å². The van der Waals surface area contributed by atoms with Gasteiger partial charge in [-0.3, -0.25) is 14.7 Å². The number of amides is 1. The molecule has 3 aromatic rings. The molecule has 2 aliphatic rings. The smallest absolute Gasteiger partial charge is 0.230 e. The number of carbonyl (C=O) groups is 1. The number of nitrogens with one attached hydrogen (secondary N) is 3. The lowest BCUT2D eigenvalue weighted by Gasteiger charge is -2.35. The number of aromatic amines is 1. The van der Waals surface area contributed by atoms with E-state index in [0.717, 1.165) is 26.2 Å². The van der Waals surface area contributed by atoms with E-state index in [-0.39, 0.29) is 24.9 Å². The largest absolute Gasteiger partial charge is 0.354 e. The summed E-state index contributed by atoms with van der Waals surface area (Å²) in [4.78, 5) is 36.2. The molecule has 0 spiro atoms. The lowest BCUT2D eigenvalue weighted by Crippen LogP contribution is -2.49. The maximum atomic E-state index is 13.7. The molecule has 0 aliphatic carbocycles. The Morgan fingerprint density at radius 3 is 2.73 bits per heavy atom. The van der Waals surface area contributed by atoms with E-state index in [1.165, 1.54) is 12.1 Å². The molecule has 0 saturated carbocycles. The van der Waals surface area contributed by atoms with Crippen LogP contribution in [-0.4, -0.2) is 89.6 Å². The van der Waals surface area contributed by atoms with E-state index in [0.29, 0.717) is 54.1 Å². The monoisotopic (exact) mass is 551 g/mol. The van der Waals surface area contributed by atoms with Crippen molar-refractivity contribution in [3.05, 3.63) is 48.2 Å². The lowest BCUT2D eigenvalue weighted by molar-refractivity contribution is -0.231. The molecule has 1 fully saturated rings. The van der Waals surface area contributed by atoms with Gasteiger partial charge in [-0.15, -0.1) is 0 Å². The number of hydrogen-bond acceptors (Lipinski definition) is 10. The molecular weight excluding hydrogens is 517 g/mol. The third-order valence-electron chi connectivity index (χ3n) is 6.74. The fraction of sp³-hybridized carbons (Fsp3) is 0.444. The van der Waals surface area contributed by atoms with Crippen molar-refractivity contribution >= 4 is 18.1 Å². The number of ether oxygens (including phenoxy) is 2. The lowest BCUT2D eigenvalue weighted by atomic mass is 9.91. The van der Waals surface area contributed by atoms with Gasteiger partial charge in [-0.1, -0.05) is 0 Å². The Balaban J connectivity index is 1.33. The van der Waals surface area contributed by atoms with Crippen molar-refractivity contribution in [3.8, 4) is 22.6 Å². The van der Waals surface area contributed by atoms with Gasteiger partial charge in [-0.25, -0.2) is 19.3 Å². The fourth-order valence-corrected chi connectivity index (χ4v) is 4.45. The maximum absolute atomic E-state index is 13.7. The van der Waals surface area contributed by atoms with Gasteiger partial charge in [0.05, 0.1) is 42.4 Å². The molecule has 0 atom stereocenters. The van der Waals surface area contributed by atoms with Gasteiger partial charge in [0, 0.05) is 50.7 Å². The van der Waals surface area contributed by atoms with Crippen molar-refractivity contribution in [2.75, 3.05) is 57.9 Å². The van der Waals surface area contributed by atoms with Crippen LogP contribution in [0.2, 0.25) is 0 Å². The Morgan fingerprint density at radius 2 is 2.00 bits per heavy atom. The number of rotatable bonds is 11. The van der Waals surface area contributed by atoms with E-state index in [2.05, 4.69) is 30.5 Å². The van der Waals surface area contributed by atoms with E-state index in [1.807, 2.05) is 6.21 Å². The van der Waals surface area contributed by atoms with Crippen molar-refractivity contribution in [2.45, 2.75) is 19.6 Å². The number of aromatic nitrogens is 4. The molecule has 1 aromatic carbocycles. The number of anilines is 1. The molecule has 13 heteroatoms. The highest BCUT2D eigenvalue weighted by Gasteiger charge is 2.40. The first kappa shape index (κ1) is 27.8. The average molecular weight is 552 g/mol. The predicted octanol–water partition coefficient (Wildman–Crippen LogP) is 1.95. The van der Waals surface area contributed by atoms with Gasteiger partial charge >= 0.3 is 0 Å². The zero-order valence-corrected chi connectivity index (χ0v) is 22.4. The van der Waals surface area contributed by atoms with Crippen molar-refractivity contribution < 1.29 is 18.7 Å². The first-order valence-electron chi connectivity index (χ1n) is 13.3. The minimum atomic E-state index is -0.851. The Morgan fingerprint density at radius 1 is 1.20 bits per heavy atom. The third kappa shape index (κ3) is 6.50. The standard InChI is InChI=1S/C27H34FN9O3/c1-27(25(38)31-11-8-29)15-39-24(40-16-27)23-35-21(18-3-5-19(28)6-4-18)22(36-23)20-7-10-33-26(34-20)32-9-2-13-37-14-12-30-17-37/h3-7,10,12,24H,2,8-9,11,13-17,29H2,1H3,(H,31,38)(H,35,36)(H,32,33,34). The summed E-state index contributed by atoms with van der Waals surface area (Å²) in [5.41, 5.74) is 7.13. The zero-order chi connectivity index (χ0) is 28.0. The summed E-state index contributed by atoms with van der Waals surface area (Å²) in [5.74, 6) is 0.375. The molecule has 4 heterocycles.